The molecule has 140 valence electrons. The topological polar surface area (TPSA) is 143 Å². The van der Waals surface area contributed by atoms with E-state index in [4.69, 9.17) is 20.2 Å². The Balaban J connectivity index is 1.54. The van der Waals surface area contributed by atoms with Gasteiger partial charge in [0.2, 0.25) is 5.91 Å². The minimum atomic E-state index is -1.24. The van der Waals surface area contributed by atoms with Crippen LogP contribution in [0.25, 0.3) is 0 Å². The van der Waals surface area contributed by atoms with Gasteiger partial charge in [-0.2, -0.15) is 0 Å². The summed E-state index contributed by atoms with van der Waals surface area (Å²) in [5.74, 6) is 3.66. The first-order valence-electron chi connectivity index (χ1n) is 8.48. The second-order valence-corrected chi connectivity index (χ2v) is 6.73. The van der Waals surface area contributed by atoms with Gasteiger partial charge >= 0.3 is 13.1 Å². The highest BCUT2D eigenvalue weighted by Crippen LogP contribution is 2.48. The number of benzene rings is 1. The molecule has 27 heavy (non-hydrogen) atoms. The lowest BCUT2D eigenvalue weighted by Crippen LogP contribution is -2.60. The second kappa shape index (κ2) is 6.46. The molecule has 1 aliphatic carbocycles. The molecule has 1 aromatic carbocycles. The lowest BCUT2D eigenvalue weighted by atomic mass is 9.57. The Morgan fingerprint density at radius 1 is 1.41 bits per heavy atom. The van der Waals surface area contributed by atoms with Gasteiger partial charge in [-0.25, -0.2) is 4.79 Å². The van der Waals surface area contributed by atoms with E-state index in [1.807, 2.05) is 0 Å². The number of ether oxygens (including phenoxy) is 1. The standard InChI is InChI=1S/C17H17BN2O7/c19-12(7-21)16(22)20-5-8(6-20)26-13-4-2-10-9-1-3-11(9)18(25)27-15(10)14(13)17(23)24/h2,4,8-9,11-12,21,25H,5-7,19H2,(H,23,24)/t9-,11-,12-/m1/s1. The van der Waals surface area contributed by atoms with E-state index in [2.05, 4.69) is 11.8 Å². The number of aromatic carboxylic acids is 1. The quantitative estimate of drug-likeness (QED) is 0.367. The molecule has 1 amide bonds. The van der Waals surface area contributed by atoms with E-state index in [1.54, 1.807) is 12.1 Å². The van der Waals surface area contributed by atoms with E-state index in [-0.39, 0.29) is 47.8 Å². The third-order valence-electron chi connectivity index (χ3n) is 4.98. The average molecular weight is 372 g/mol. The SMILES string of the molecule is N[C@H](CO)C(=O)N1CC(Oc2ccc3c(c2C(=O)O)OB(O)[C@@H]2C#C[C@H]32)C1. The van der Waals surface area contributed by atoms with Crippen LogP contribution in [-0.4, -0.2) is 71.0 Å². The van der Waals surface area contributed by atoms with Crippen LogP contribution < -0.4 is 15.1 Å². The highest BCUT2D eigenvalue weighted by Gasteiger charge is 2.46. The highest BCUT2D eigenvalue weighted by molar-refractivity contribution is 6.48. The van der Waals surface area contributed by atoms with Crippen molar-refractivity contribution in [3.05, 3.63) is 23.3 Å². The fraction of sp³-hybridized carbons (Fsp3) is 0.412. The summed E-state index contributed by atoms with van der Waals surface area (Å²) in [4.78, 5) is 25.1. The number of hydrogen-bond acceptors (Lipinski definition) is 7. The third kappa shape index (κ3) is 2.80. The van der Waals surface area contributed by atoms with Gasteiger partial charge in [-0.15, -0.1) is 0 Å². The number of likely N-dealkylation sites (tertiary alicyclic amines) is 1. The third-order valence-corrected chi connectivity index (χ3v) is 4.98. The van der Waals surface area contributed by atoms with Gasteiger partial charge in [0.1, 0.15) is 29.2 Å². The van der Waals surface area contributed by atoms with Crippen LogP contribution >= 0.6 is 0 Å². The molecule has 4 rings (SSSR count). The zero-order chi connectivity index (χ0) is 19.3. The minimum absolute atomic E-state index is 0.0670. The number of nitrogens with two attached hydrogens (primary N) is 1. The summed E-state index contributed by atoms with van der Waals surface area (Å²) in [5, 5.41) is 28.6. The molecule has 1 saturated heterocycles. The van der Waals surface area contributed by atoms with Crippen molar-refractivity contribution < 1.29 is 34.2 Å². The lowest BCUT2D eigenvalue weighted by Gasteiger charge is -2.40. The summed E-state index contributed by atoms with van der Waals surface area (Å²) in [6.07, 6.45) is -0.402. The molecule has 2 heterocycles. The molecule has 3 aliphatic rings. The van der Waals surface area contributed by atoms with Crippen molar-refractivity contribution in [3.63, 3.8) is 0 Å². The first kappa shape index (κ1) is 17.7. The second-order valence-electron chi connectivity index (χ2n) is 6.73. The van der Waals surface area contributed by atoms with Gasteiger partial charge < -0.3 is 35.3 Å². The van der Waals surface area contributed by atoms with Gasteiger partial charge in [-0.1, -0.05) is 17.9 Å². The Kier molecular flexibility index (Phi) is 4.22. The maximum Gasteiger partial charge on any atom is 0.540 e. The molecule has 0 aromatic heterocycles. The van der Waals surface area contributed by atoms with Gasteiger partial charge in [0, 0.05) is 5.56 Å². The fourth-order valence-corrected chi connectivity index (χ4v) is 3.40. The van der Waals surface area contributed by atoms with Crippen LogP contribution in [0.4, 0.5) is 0 Å². The maximum absolute atomic E-state index is 11.9. The number of aliphatic hydroxyl groups excluding tert-OH is 1. The number of carbonyl (C=O) groups is 2. The Bertz CT molecular complexity index is 874. The molecule has 5 N–H and O–H groups in total. The molecule has 9 nitrogen and oxygen atoms in total. The monoisotopic (exact) mass is 372 g/mol. The predicted octanol–water partition coefficient (Wildman–Crippen LogP) is -1.36. The Morgan fingerprint density at radius 2 is 2.15 bits per heavy atom. The van der Waals surface area contributed by atoms with Crippen LogP contribution in [0, 0.1) is 11.8 Å². The minimum Gasteiger partial charge on any atom is -0.534 e. The number of carboxylic acid groups (broad SMARTS) is 1. The molecule has 0 spiro atoms. The zero-order valence-electron chi connectivity index (χ0n) is 14.2. The first-order valence-corrected chi connectivity index (χ1v) is 8.48. The van der Waals surface area contributed by atoms with Crippen molar-refractivity contribution in [1.82, 2.24) is 4.90 Å². The summed E-state index contributed by atoms with van der Waals surface area (Å²) >= 11 is 0. The predicted molar refractivity (Wildman–Crippen MR) is 92.3 cm³/mol. The molecule has 0 radical (unpaired) electrons. The normalized spacial score (nSPS) is 23.5. The molecule has 3 atom stereocenters. The smallest absolute Gasteiger partial charge is 0.534 e. The van der Waals surface area contributed by atoms with E-state index in [0.717, 1.165) is 0 Å². The number of aliphatic hydroxyl groups is 1. The summed E-state index contributed by atoms with van der Waals surface area (Å²) in [7, 11) is -1.19. The van der Waals surface area contributed by atoms with Crippen molar-refractivity contribution in [1.29, 1.82) is 0 Å². The maximum atomic E-state index is 11.9. The summed E-state index contributed by atoms with van der Waals surface area (Å²) in [6.45, 7) is 0.0320. The molecule has 0 unspecified atom stereocenters. The number of amides is 1. The number of nitrogens with zero attached hydrogens (tertiary/aromatic N) is 1. The van der Waals surface area contributed by atoms with E-state index in [1.165, 1.54) is 4.90 Å². The number of fused-ring (bicyclic) bond motifs is 3. The Morgan fingerprint density at radius 3 is 2.74 bits per heavy atom. The molecule has 1 fully saturated rings. The number of hydrogen-bond donors (Lipinski definition) is 4. The fourth-order valence-electron chi connectivity index (χ4n) is 3.40. The van der Waals surface area contributed by atoms with Crippen LogP contribution in [0.15, 0.2) is 12.1 Å². The molecule has 1 aromatic rings. The summed E-state index contributed by atoms with van der Waals surface area (Å²) in [6, 6.07) is 2.26. The average Bonchev–Trinajstić information content (AvgIpc) is 2.55. The number of carbonyl (C=O) groups excluding carboxylic acids is 1. The van der Waals surface area contributed by atoms with Crippen LogP contribution in [0.5, 0.6) is 11.5 Å². The van der Waals surface area contributed by atoms with E-state index >= 15 is 0 Å². The molecular weight excluding hydrogens is 355 g/mol. The van der Waals surface area contributed by atoms with Crippen LogP contribution in [-0.2, 0) is 4.79 Å². The zero-order valence-corrected chi connectivity index (χ0v) is 14.2. The van der Waals surface area contributed by atoms with Gasteiger partial charge in [0.25, 0.3) is 0 Å². The molecular formula is C17H17BN2O7. The van der Waals surface area contributed by atoms with Crippen molar-refractivity contribution in [2.75, 3.05) is 19.7 Å². The highest BCUT2D eigenvalue weighted by atomic mass is 16.5. The molecule has 2 aliphatic heterocycles. The van der Waals surface area contributed by atoms with Crippen LogP contribution in [0.2, 0.25) is 5.82 Å². The van der Waals surface area contributed by atoms with Gasteiger partial charge in [-0.05, 0) is 6.07 Å². The van der Waals surface area contributed by atoms with E-state index in [9.17, 15) is 19.7 Å². The largest absolute Gasteiger partial charge is 0.540 e. The Hall–Kier alpha value is -2.74. The van der Waals surface area contributed by atoms with Crippen molar-refractivity contribution >= 4 is 19.0 Å². The van der Waals surface area contributed by atoms with Crippen molar-refractivity contribution in [2.24, 2.45) is 5.73 Å². The van der Waals surface area contributed by atoms with E-state index < -0.39 is 31.8 Å². The summed E-state index contributed by atoms with van der Waals surface area (Å²) < 4.78 is 11.2. The molecule has 0 saturated carbocycles. The lowest BCUT2D eigenvalue weighted by molar-refractivity contribution is -0.142. The Labute approximate surface area is 154 Å². The van der Waals surface area contributed by atoms with Gasteiger partial charge in [0.15, 0.2) is 0 Å². The molecule has 0 bridgehead atoms. The van der Waals surface area contributed by atoms with Gasteiger partial charge in [0.05, 0.1) is 31.4 Å². The van der Waals surface area contributed by atoms with Crippen LogP contribution in [0.1, 0.15) is 21.8 Å². The van der Waals surface area contributed by atoms with E-state index in [0.29, 0.717) is 5.56 Å². The first-order chi connectivity index (χ1) is 12.9. The van der Waals surface area contributed by atoms with Crippen molar-refractivity contribution in [3.8, 4) is 23.3 Å². The summed E-state index contributed by atoms with van der Waals surface area (Å²) in [5.41, 5.74) is 5.94. The van der Waals surface area contributed by atoms with Crippen LogP contribution in [0.3, 0.4) is 0 Å². The number of rotatable bonds is 5. The molecule has 10 heteroatoms. The van der Waals surface area contributed by atoms with Crippen molar-refractivity contribution in [2.45, 2.75) is 23.9 Å². The number of carboxylic acids is 1. The van der Waals surface area contributed by atoms with Gasteiger partial charge in [-0.3, -0.25) is 4.79 Å².